The van der Waals surface area contributed by atoms with Gasteiger partial charge in [0.15, 0.2) is 0 Å². The lowest BCUT2D eigenvalue weighted by molar-refractivity contribution is -0.384. The van der Waals surface area contributed by atoms with Crippen LogP contribution in [-0.2, 0) is 13.6 Å². The number of nitro groups is 1. The van der Waals surface area contributed by atoms with Crippen LogP contribution in [0.5, 0.6) is 0 Å². The molecule has 2 aromatic rings. The Labute approximate surface area is 118 Å². The molecule has 0 aliphatic carbocycles. The smallest absolute Gasteiger partial charge is 0.338 e. The van der Waals surface area contributed by atoms with Crippen LogP contribution in [0, 0.1) is 15.9 Å². The highest BCUT2D eigenvalue weighted by molar-refractivity contribution is 5.90. The molecule has 1 heterocycles. The maximum absolute atomic E-state index is 13.5. The van der Waals surface area contributed by atoms with E-state index in [9.17, 15) is 19.3 Å². The molecule has 2 rings (SSSR count). The van der Waals surface area contributed by atoms with Crippen molar-refractivity contribution in [1.82, 2.24) is 9.78 Å². The molecule has 1 aromatic carbocycles. The van der Waals surface area contributed by atoms with Crippen molar-refractivity contribution in [2.45, 2.75) is 6.54 Å². The van der Waals surface area contributed by atoms with E-state index in [0.717, 1.165) is 6.07 Å². The fourth-order valence-corrected chi connectivity index (χ4v) is 1.76. The first-order chi connectivity index (χ1) is 9.88. The zero-order valence-corrected chi connectivity index (χ0v) is 10.9. The van der Waals surface area contributed by atoms with Crippen LogP contribution in [0.2, 0.25) is 0 Å². The molecule has 2 N–H and O–H groups in total. The minimum Gasteiger partial charge on any atom is -0.478 e. The number of hydrogen-bond donors (Lipinski definition) is 2. The molecule has 1 aromatic heterocycles. The average Bonchev–Trinajstić information content (AvgIpc) is 2.82. The van der Waals surface area contributed by atoms with Crippen LogP contribution in [0.3, 0.4) is 0 Å². The molecule has 0 atom stereocenters. The van der Waals surface area contributed by atoms with Gasteiger partial charge in [-0.05, 0) is 12.1 Å². The largest absolute Gasteiger partial charge is 0.478 e. The van der Waals surface area contributed by atoms with E-state index in [1.807, 2.05) is 0 Å². The molecule has 0 amide bonds. The predicted octanol–water partition coefficient (Wildman–Crippen LogP) is 1.78. The van der Waals surface area contributed by atoms with Gasteiger partial charge in [0.25, 0.3) is 5.69 Å². The summed E-state index contributed by atoms with van der Waals surface area (Å²) < 4.78 is 15.0. The van der Waals surface area contributed by atoms with E-state index in [1.54, 1.807) is 24.0 Å². The first-order valence-electron chi connectivity index (χ1n) is 5.82. The molecular formula is C12H11FN4O4. The Hall–Kier alpha value is -2.97. The van der Waals surface area contributed by atoms with E-state index in [2.05, 4.69) is 10.4 Å². The van der Waals surface area contributed by atoms with E-state index < -0.39 is 28.0 Å². The Kier molecular flexibility index (Phi) is 3.83. The number of rotatable bonds is 5. The SMILES string of the molecule is Cn1ccc(CNc2cc(C(=O)O)c(F)cc2[N+](=O)[O-])n1. The summed E-state index contributed by atoms with van der Waals surface area (Å²) in [4.78, 5) is 21.0. The number of nitrogens with zero attached hydrogens (tertiary/aromatic N) is 3. The minimum absolute atomic E-state index is 0.0792. The second-order valence-electron chi connectivity index (χ2n) is 4.25. The lowest BCUT2D eigenvalue weighted by Crippen LogP contribution is -2.08. The number of aromatic carboxylic acids is 1. The monoisotopic (exact) mass is 294 g/mol. The van der Waals surface area contributed by atoms with Crippen LogP contribution >= 0.6 is 0 Å². The summed E-state index contributed by atoms with van der Waals surface area (Å²) in [6, 6.07) is 3.18. The summed E-state index contributed by atoms with van der Waals surface area (Å²) in [6.45, 7) is 0.145. The molecular weight excluding hydrogens is 283 g/mol. The van der Waals surface area contributed by atoms with Crippen molar-refractivity contribution >= 4 is 17.3 Å². The summed E-state index contributed by atoms with van der Waals surface area (Å²) in [7, 11) is 1.71. The Morgan fingerprint density at radius 2 is 2.29 bits per heavy atom. The zero-order chi connectivity index (χ0) is 15.6. The molecule has 0 bridgehead atoms. The molecule has 0 aliphatic rings. The number of nitrogens with one attached hydrogen (secondary N) is 1. The predicted molar refractivity (Wildman–Crippen MR) is 70.5 cm³/mol. The number of carboxylic acid groups (broad SMARTS) is 1. The third kappa shape index (κ3) is 3.14. The van der Waals surface area contributed by atoms with Gasteiger partial charge in [-0.15, -0.1) is 0 Å². The molecule has 0 aliphatic heterocycles. The lowest BCUT2D eigenvalue weighted by atomic mass is 10.1. The number of carboxylic acids is 1. The number of anilines is 1. The number of aromatic nitrogens is 2. The van der Waals surface area contributed by atoms with Crippen molar-refractivity contribution in [3.8, 4) is 0 Å². The molecule has 21 heavy (non-hydrogen) atoms. The van der Waals surface area contributed by atoms with E-state index in [4.69, 9.17) is 5.11 Å². The summed E-state index contributed by atoms with van der Waals surface area (Å²) in [6.07, 6.45) is 1.69. The van der Waals surface area contributed by atoms with Gasteiger partial charge in [-0.3, -0.25) is 14.8 Å². The summed E-state index contributed by atoms with van der Waals surface area (Å²) in [5, 5.41) is 26.5. The minimum atomic E-state index is -1.50. The van der Waals surface area contributed by atoms with Gasteiger partial charge < -0.3 is 10.4 Å². The number of carbonyl (C=O) groups is 1. The number of hydrogen-bond acceptors (Lipinski definition) is 5. The number of aryl methyl sites for hydroxylation is 1. The normalized spacial score (nSPS) is 10.4. The summed E-state index contributed by atoms with van der Waals surface area (Å²) in [5.74, 6) is -2.65. The molecule has 0 spiro atoms. The second-order valence-corrected chi connectivity index (χ2v) is 4.25. The van der Waals surface area contributed by atoms with Crippen molar-refractivity contribution in [3.63, 3.8) is 0 Å². The van der Waals surface area contributed by atoms with Crippen molar-refractivity contribution < 1.29 is 19.2 Å². The maximum Gasteiger partial charge on any atom is 0.338 e. The average molecular weight is 294 g/mol. The molecule has 0 fully saturated rings. The van der Waals surface area contributed by atoms with Gasteiger partial charge >= 0.3 is 5.97 Å². The van der Waals surface area contributed by atoms with Gasteiger partial charge in [0.05, 0.1) is 28.8 Å². The third-order valence-electron chi connectivity index (χ3n) is 2.74. The van der Waals surface area contributed by atoms with Gasteiger partial charge in [-0.1, -0.05) is 0 Å². The van der Waals surface area contributed by atoms with E-state index in [1.165, 1.54) is 0 Å². The fourth-order valence-electron chi connectivity index (χ4n) is 1.76. The van der Waals surface area contributed by atoms with Crippen LogP contribution in [0.4, 0.5) is 15.8 Å². The van der Waals surface area contributed by atoms with Crippen molar-refractivity contribution in [1.29, 1.82) is 0 Å². The first kappa shape index (κ1) is 14.4. The van der Waals surface area contributed by atoms with E-state index >= 15 is 0 Å². The van der Waals surface area contributed by atoms with Crippen molar-refractivity contribution in [2.75, 3.05) is 5.32 Å². The number of nitro benzene ring substituents is 1. The molecule has 0 radical (unpaired) electrons. The van der Waals surface area contributed by atoms with Crippen LogP contribution in [-0.4, -0.2) is 25.8 Å². The van der Waals surface area contributed by atoms with Crippen molar-refractivity contribution in [2.24, 2.45) is 7.05 Å². The Morgan fingerprint density at radius 1 is 1.57 bits per heavy atom. The zero-order valence-electron chi connectivity index (χ0n) is 10.9. The molecule has 0 saturated heterocycles. The van der Waals surface area contributed by atoms with Crippen LogP contribution in [0.15, 0.2) is 24.4 Å². The van der Waals surface area contributed by atoms with Gasteiger partial charge in [0.1, 0.15) is 11.5 Å². The topological polar surface area (TPSA) is 110 Å². The highest BCUT2D eigenvalue weighted by atomic mass is 19.1. The lowest BCUT2D eigenvalue weighted by Gasteiger charge is -2.07. The van der Waals surface area contributed by atoms with Crippen LogP contribution in [0.1, 0.15) is 16.1 Å². The summed E-state index contributed by atoms with van der Waals surface area (Å²) in [5.41, 5.74) is -0.644. The molecule has 110 valence electrons. The van der Waals surface area contributed by atoms with Crippen LogP contribution in [0.25, 0.3) is 0 Å². The highest BCUT2D eigenvalue weighted by Gasteiger charge is 2.21. The molecule has 0 saturated carbocycles. The Bertz CT molecular complexity index is 713. The Morgan fingerprint density at radius 3 is 2.81 bits per heavy atom. The van der Waals surface area contributed by atoms with Gasteiger partial charge in [0, 0.05) is 13.2 Å². The van der Waals surface area contributed by atoms with Crippen LogP contribution < -0.4 is 5.32 Å². The maximum atomic E-state index is 13.5. The molecule has 0 unspecified atom stereocenters. The molecule has 9 heteroatoms. The van der Waals surface area contributed by atoms with Gasteiger partial charge in [0.2, 0.25) is 0 Å². The van der Waals surface area contributed by atoms with E-state index in [0.29, 0.717) is 11.8 Å². The van der Waals surface area contributed by atoms with Gasteiger partial charge in [-0.25, -0.2) is 9.18 Å². The highest BCUT2D eigenvalue weighted by Crippen LogP contribution is 2.28. The number of halogens is 1. The quantitative estimate of drug-likeness (QED) is 0.642. The number of benzene rings is 1. The fraction of sp³-hybridized carbons (Fsp3) is 0.167. The van der Waals surface area contributed by atoms with E-state index in [-0.39, 0.29) is 12.2 Å². The second kappa shape index (κ2) is 5.57. The van der Waals surface area contributed by atoms with Crippen molar-refractivity contribution in [3.05, 3.63) is 51.6 Å². The third-order valence-corrected chi connectivity index (χ3v) is 2.74. The van der Waals surface area contributed by atoms with Gasteiger partial charge in [-0.2, -0.15) is 5.10 Å². The molecule has 8 nitrogen and oxygen atoms in total. The first-order valence-corrected chi connectivity index (χ1v) is 5.82. The standard InChI is InChI=1S/C12H11FN4O4/c1-16-3-2-7(15-16)6-14-10-4-8(12(18)19)9(13)5-11(10)17(20)21/h2-5,14H,6H2,1H3,(H,18,19). The summed E-state index contributed by atoms with van der Waals surface area (Å²) >= 11 is 0. The Balaban J connectivity index is 2.33.